The molecule has 1 atom stereocenters. The van der Waals surface area contributed by atoms with Crippen molar-refractivity contribution >= 4 is 44.2 Å². The Balaban J connectivity index is 1.88. The normalized spacial score (nSPS) is 12.5. The molecule has 21 heavy (non-hydrogen) atoms. The van der Waals surface area contributed by atoms with E-state index >= 15 is 0 Å². The van der Waals surface area contributed by atoms with Crippen molar-refractivity contribution in [3.63, 3.8) is 0 Å². The van der Waals surface area contributed by atoms with Crippen LogP contribution in [0.3, 0.4) is 0 Å². The fourth-order valence-corrected chi connectivity index (χ4v) is 2.70. The molecule has 3 N–H and O–H groups in total. The average Bonchev–Trinajstić information content (AvgIpc) is 2.92. The number of fused-ring (bicyclic) bond motifs is 1. The highest BCUT2D eigenvalue weighted by molar-refractivity contribution is 9.10. The van der Waals surface area contributed by atoms with Gasteiger partial charge in [-0.15, -0.1) is 0 Å². The predicted molar refractivity (Wildman–Crippen MR) is 90.8 cm³/mol. The highest BCUT2D eigenvalue weighted by atomic mass is 79.9. The van der Waals surface area contributed by atoms with Gasteiger partial charge in [0.2, 0.25) is 0 Å². The highest BCUT2D eigenvalue weighted by Crippen LogP contribution is 2.29. The van der Waals surface area contributed by atoms with Crippen LogP contribution in [0.2, 0.25) is 5.02 Å². The van der Waals surface area contributed by atoms with E-state index in [9.17, 15) is 0 Å². The van der Waals surface area contributed by atoms with Gasteiger partial charge in [-0.05, 0) is 46.3 Å². The van der Waals surface area contributed by atoms with E-state index in [4.69, 9.17) is 21.8 Å². The standard InChI is InChI=1S/C16H14BrClN2O/c17-12-8-11(5-6-13(12)18)20-14(9-19)16-7-10-3-1-2-4-15(10)21-16/h1-8,14,20H,9,19H2. The van der Waals surface area contributed by atoms with E-state index in [1.807, 2.05) is 48.5 Å². The lowest BCUT2D eigenvalue weighted by molar-refractivity contribution is 0.515. The van der Waals surface area contributed by atoms with Gasteiger partial charge in [0.1, 0.15) is 11.3 Å². The van der Waals surface area contributed by atoms with Crippen LogP contribution < -0.4 is 11.1 Å². The van der Waals surface area contributed by atoms with Crippen LogP contribution in [0.1, 0.15) is 11.8 Å². The molecule has 0 aliphatic rings. The largest absolute Gasteiger partial charge is 0.459 e. The maximum Gasteiger partial charge on any atom is 0.134 e. The van der Waals surface area contributed by atoms with Gasteiger partial charge < -0.3 is 15.5 Å². The summed E-state index contributed by atoms with van der Waals surface area (Å²) in [6.45, 7) is 0.431. The van der Waals surface area contributed by atoms with E-state index in [0.717, 1.165) is 26.9 Å². The third-order valence-corrected chi connectivity index (χ3v) is 4.50. The molecule has 5 heteroatoms. The first kappa shape index (κ1) is 14.4. The summed E-state index contributed by atoms with van der Waals surface area (Å²) in [5.41, 5.74) is 7.68. The molecule has 0 aliphatic carbocycles. The van der Waals surface area contributed by atoms with Gasteiger partial charge in [-0.25, -0.2) is 0 Å². The van der Waals surface area contributed by atoms with E-state index in [1.54, 1.807) is 0 Å². The third-order valence-electron chi connectivity index (χ3n) is 3.28. The average molecular weight is 366 g/mol. The number of halogens is 2. The van der Waals surface area contributed by atoms with Crippen molar-refractivity contribution < 1.29 is 4.42 Å². The van der Waals surface area contributed by atoms with Gasteiger partial charge in [0.15, 0.2) is 0 Å². The van der Waals surface area contributed by atoms with E-state index in [0.29, 0.717) is 11.6 Å². The second-order valence-corrected chi connectivity index (χ2v) is 6.01. The molecule has 3 nitrogen and oxygen atoms in total. The van der Waals surface area contributed by atoms with Crippen molar-refractivity contribution in [1.29, 1.82) is 0 Å². The Morgan fingerprint density at radius 2 is 2.00 bits per heavy atom. The Hall–Kier alpha value is -1.49. The first-order valence-corrected chi connectivity index (χ1v) is 7.74. The summed E-state index contributed by atoms with van der Waals surface area (Å²) in [5, 5.41) is 5.12. The first-order chi connectivity index (χ1) is 10.2. The van der Waals surface area contributed by atoms with E-state index in [-0.39, 0.29) is 6.04 Å². The molecule has 3 rings (SSSR count). The number of rotatable bonds is 4. The molecule has 1 heterocycles. The van der Waals surface area contributed by atoms with Crippen molar-refractivity contribution in [2.45, 2.75) is 6.04 Å². The van der Waals surface area contributed by atoms with Crippen molar-refractivity contribution in [2.24, 2.45) is 5.73 Å². The smallest absolute Gasteiger partial charge is 0.134 e. The fraction of sp³-hybridized carbons (Fsp3) is 0.125. The number of nitrogens with two attached hydrogens (primary N) is 1. The summed E-state index contributed by atoms with van der Waals surface area (Å²) in [6.07, 6.45) is 0. The lowest BCUT2D eigenvalue weighted by Crippen LogP contribution is -2.20. The third kappa shape index (κ3) is 3.07. The van der Waals surface area contributed by atoms with Gasteiger partial charge in [-0.1, -0.05) is 29.8 Å². The van der Waals surface area contributed by atoms with Crippen LogP contribution in [-0.2, 0) is 0 Å². The van der Waals surface area contributed by atoms with Crippen LogP contribution in [0.15, 0.2) is 57.4 Å². The molecular formula is C16H14BrClN2O. The molecule has 1 aromatic heterocycles. The molecular weight excluding hydrogens is 352 g/mol. The van der Waals surface area contributed by atoms with Crippen molar-refractivity contribution in [1.82, 2.24) is 0 Å². The first-order valence-electron chi connectivity index (χ1n) is 6.57. The fourth-order valence-electron chi connectivity index (χ4n) is 2.21. The lowest BCUT2D eigenvalue weighted by Gasteiger charge is -2.16. The summed E-state index contributed by atoms with van der Waals surface area (Å²) in [4.78, 5) is 0. The summed E-state index contributed by atoms with van der Waals surface area (Å²) >= 11 is 9.42. The van der Waals surface area contributed by atoms with Crippen LogP contribution in [0.5, 0.6) is 0 Å². The Morgan fingerprint density at radius 1 is 1.19 bits per heavy atom. The number of hydrogen-bond donors (Lipinski definition) is 2. The summed E-state index contributed by atoms with van der Waals surface area (Å²) in [6, 6.07) is 15.5. The quantitative estimate of drug-likeness (QED) is 0.687. The zero-order valence-corrected chi connectivity index (χ0v) is 13.5. The van der Waals surface area contributed by atoms with Gasteiger partial charge in [-0.3, -0.25) is 0 Å². The second-order valence-electron chi connectivity index (χ2n) is 4.75. The molecule has 1 unspecified atom stereocenters. The summed E-state index contributed by atoms with van der Waals surface area (Å²) in [5.74, 6) is 0.824. The maximum atomic E-state index is 6.00. The number of para-hydroxylation sites is 1. The summed E-state index contributed by atoms with van der Waals surface area (Å²) < 4.78 is 6.71. The van der Waals surface area contributed by atoms with Gasteiger partial charge in [0, 0.05) is 22.1 Å². The predicted octanol–water partition coefficient (Wildman–Crippen LogP) is 4.96. The summed E-state index contributed by atoms with van der Waals surface area (Å²) in [7, 11) is 0. The van der Waals surface area contributed by atoms with Gasteiger partial charge in [-0.2, -0.15) is 0 Å². The Bertz CT molecular complexity index is 739. The van der Waals surface area contributed by atoms with E-state index in [2.05, 4.69) is 21.2 Å². The zero-order chi connectivity index (χ0) is 14.8. The zero-order valence-electron chi connectivity index (χ0n) is 11.1. The SMILES string of the molecule is NCC(Nc1ccc(Cl)c(Br)c1)c1cc2ccccc2o1. The van der Waals surface area contributed by atoms with Crippen LogP contribution in [0.25, 0.3) is 11.0 Å². The van der Waals surface area contributed by atoms with Crippen molar-refractivity contribution in [2.75, 3.05) is 11.9 Å². The molecule has 0 aliphatic heterocycles. The minimum absolute atomic E-state index is 0.0922. The molecule has 0 radical (unpaired) electrons. The topological polar surface area (TPSA) is 51.2 Å². The molecule has 0 saturated heterocycles. The van der Waals surface area contributed by atoms with Crippen LogP contribution in [-0.4, -0.2) is 6.54 Å². The Kier molecular flexibility index (Phi) is 4.19. The molecule has 3 aromatic rings. The maximum absolute atomic E-state index is 6.00. The van der Waals surface area contributed by atoms with E-state index in [1.165, 1.54) is 0 Å². The monoisotopic (exact) mass is 364 g/mol. The minimum atomic E-state index is -0.0922. The Morgan fingerprint density at radius 3 is 2.71 bits per heavy atom. The van der Waals surface area contributed by atoms with E-state index < -0.39 is 0 Å². The molecule has 0 fully saturated rings. The Labute approximate surface area is 136 Å². The molecule has 2 aromatic carbocycles. The number of hydrogen-bond acceptors (Lipinski definition) is 3. The molecule has 0 bridgehead atoms. The molecule has 0 spiro atoms. The molecule has 108 valence electrons. The van der Waals surface area contributed by atoms with Gasteiger partial charge >= 0.3 is 0 Å². The van der Waals surface area contributed by atoms with Crippen molar-refractivity contribution in [3.05, 3.63) is 63.8 Å². The van der Waals surface area contributed by atoms with Crippen LogP contribution in [0, 0.1) is 0 Å². The highest BCUT2D eigenvalue weighted by Gasteiger charge is 2.15. The van der Waals surface area contributed by atoms with Crippen molar-refractivity contribution in [3.8, 4) is 0 Å². The number of anilines is 1. The molecule has 0 saturated carbocycles. The number of furan rings is 1. The van der Waals surface area contributed by atoms with Crippen LogP contribution >= 0.6 is 27.5 Å². The van der Waals surface area contributed by atoms with Gasteiger partial charge in [0.25, 0.3) is 0 Å². The minimum Gasteiger partial charge on any atom is -0.459 e. The second kappa shape index (κ2) is 6.10. The number of nitrogens with one attached hydrogen (secondary N) is 1. The lowest BCUT2D eigenvalue weighted by atomic mass is 10.2. The van der Waals surface area contributed by atoms with Gasteiger partial charge in [0.05, 0.1) is 11.1 Å². The van der Waals surface area contributed by atoms with Crippen LogP contribution in [0.4, 0.5) is 5.69 Å². The molecule has 0 amide bonds. The number of benzene rings is 2.